The van der Waals surface area contributed by atoms with Crippen molar-refractivity contribution in [2.75, 3.05) is 5.32 Å². The van der Waals surface area contributed by atoms with Crippen LogP contribution in [-0.2, 0) is 22.5 Å². The number of aryl methyl sites for hydroxylation is 1. The fourth-order valence-corrected chi connectivity index (χ4v) is 3.40. The average Bonchev–Trinajstić information content (AvgIpc) is 3.04. The number of esters is 1. The van der Waals surface area contributed by atoms with Crippen LogP contribution in [0.2, 0.25) is 0 Å². The van der Waals surface area contributed by atoms with Crippen molar-refractivity contribution in [3.63, 3.8) is 0 Å². The maximum Gasteiger partial charge on any atom is 0.339 e. The van der Waals surface area contributed by atoms with Gasteiger partial charge in [0.2, 0.25) is 0 Å². The average molecular weight is 348 g/mol. The summed E-state index contributed by atoms with van der Waals surface area (Å²) in [5.74, 6) is -0.750. The Kier molecular flexibility index (Phi) is 4.21. The van der Waals surface area contributed by atoms with Gasteiger partial charge in [0, 0.05) is 24.8 Å². The summed E-state index contributed by atoms with van der Waals surface area (Å²) in [6, 6.07) is 15.1. The molecule has 1 aliphatic heterocycles. The van der Waals surface area contributed by atoms with E-state index in [4.69, 9.17) is 4.74 Å². The number of aromatic nitrogens is 1. The third-order valence-corrected chi connectivity index (χ3v) is 4.69. The highest BCUT2D eigenvalue weighted by atomic mass is 16.5. The van der Waals surface area contributed by atoms with Crippen LogP contribution in [0.5, 0.6) is 0 Å². The number of cyclic esters (lactones) is 1. The fraction of sp³-hybridized carbons (Fsp3) is 0.238. The van der Waals surface area contributed by atoms with E-state index < -0.39 is 12.1 Å². The SMILES string of the molecule is CCCn1ccc2ccc(NC(=O)[C@@H]3Cc4ccccc4C(=O)O3)cc21. The summed E-state index contributed by atoms with van der Waals surface area (Å²) in [7, 11) is 0. The predicted molar refractivity (Wildman–Crippen MR) is 100 cm³/mol. The Balaban J connectivity index is 1.54. The number of carbonyl (C=O) groups excluding carboxylic acids is 2. The van der Waals surface area contributed by atoms with Crippen molar-refractivity contribution < 1.29 is 14.3 Å². The minimum absolute atomic E-state index is 0.305. The van der Waals surface area contributed by atoms with Crippen LogP contribution >= 0.6 is 0 Å². The minimum atomic E-state index is -0.810. The first-order chi connectivity index (χ1) is 12.7. The lowest BCUT2D eigenvalue weighted by molar-refractivity contribution is -0.125. The summed E-state index contributed by atoms with van der Waals surface area (Å²) in [5, 5.41) is 4.02. The van der Waals surface area contributed by atoms with Gasteiger partial charge in [-0.3, -0.25) is 4.79 Å². The van der Waals surface area contributed by atoms with Crippen LogP contribution in [0.1, 0.15) is 29.3 Å². The van der Waals surface area contributed by atoms with Gasteiger partial charge >= 0.3 is 5.97 Å². The summed E-state index contributed by atoms with van der Waals surface area (Å²) < 4.78 is 7.49. The van der Waals surface area contributed by atoms with Gasteiger partial charge in [0.15, 0.2) is 6.10 Å². The summed E-state index contributed by atoms with van der Waals surface area (Å²) >= 11 is 0. The molecule has 3 aromatic rings. The number of benzene rings is 2. The van der Waals surface area contributed by atoms with E-state index in [9.17, 15) is 9.59 Å². The molecule has 0 bridgehead atoms. The lowest BCUT2D eigenvalue weighted by Crippen LogP contribution is -2.37. The second-order valence-corrected chi connectivity index (χ2v) is 6.53. The van der Waals surface area contributed by atoms with E-state index in [1.807, 2.05) is 30.3 Å². The highest BCUT2D eigenvalue weighted by molar-refractivity contribution is 6.00. The molecule has 1 N–H and O–H groups in total. The molecule has 0 aliphatic carbocycles. The van der Waals surface area contributed by atoms with Gasteiger partial charge in [-0.15, -0.1) is 0 Å². The van der Waals surface area contributed by atoms with Gasteiger partial charge in [0.1, 0.15) is 0 Å². The summed E-state index contributed by atoms with van der Waals surface area (Å²) in [4.78, 5) is 24.7. The molecule has 26 heavy (non-hydrogen) atoms. The Labute approximate surface area is 151 Å². The number of fused-ring (bicyclic) bond motifs is 2. The molecule has 0 spiro atoms. The summed E-state index contributed by atoms with van der Waals surface area (Å²) in [6.45, 7) is 3.06. The number of nitrogens with zero attached hydrogens (tertiary/aromatic N) is 1. The van der Waals surface area contributed by atoms with Crippen LogP contribution in [0, 0.1) is 0 Å². The molecule has 0 saturated carbocycles. The van der Waals surface area contributed by atoms with E-state index >= 15 is 0 Å². The van der Waals surface area contributed by atoms with Crippen LogP contribution in [0.4, 0.5) is 5.69 Å². The van der Waals surface area contributed by atoms with Crippen molar-refractivity contribution >= 4 is 28.5 Å². The lowest BCUT2D eigenvalue weighted by Gasteiger charge is -2.23. The normalized spacial score (nSPS) is 16.2. The largest absolute Gasteiger partial charge is 0.448 e. The Morgan fingerprint density at radius 2 is 2.08 bits per heavy atom. The first-order valence-corrected chi connectivity index (χ1v) is 8.84. The number of rotatable bonds is 4. The second kappa shape index (κ2) is 6.67. The number of nitrogens with one attached hydrogen (secondary N) is 1. The van der Waals surface area contributed by atoms with E-state index in [1.165, 1.54) is 0 Å². The zero-order chi connectivity index (χ0) is 18.1. The van der Waals surface area contributed by atoms with Gasteiger partial charge in [0.05, 0.1) is 11.1 Å². The van der Waals surface area contributed by atoms with Crippen LogP contribution in [0.15, 0.2) is 54.7 Å². The van der Waals surface area contributed by atoms with Crippen LogP contribution in [-0.4, -0.2) is 22.5 Å². The smallest absolute Gasteiger partial charge is 0.339 e. The standard InChI is InChI=1S/C21H20N2O3/c1-2-10-23-11-9-14-7-8-16(13-18(14)23)22-20(24)19-12-15-5-3-4-6-17(15)21(25)26-19/h3-9,11,13,19H,2,10,12H2,1H3,(H,22,24)/t19-/m0/s1. The first-order valence-electron chi connectivity index (χ1n) is 8.84. The molecule has 5 heteroatoms. The molecule has 1 amide bonds. The van der Waals surface area contributed by atoms with Gasteiger partial charge in [-0.05, 0) is 41.6 Å². The first kappa shape index (κ1) is 16.4. The number of anilines is 1. The van der Waals surface area contributed by atoms with Crippen molar-refractivity contribution in [2.24, 2.45) is 0 Å². The highest BCUT2D eigenvalue weighted by Gasteiger charge is 2.31. The second-order valence-electron chi connectivity index (χ2n) is 6.53. The molecule has 2 heterocycles. The zero-order valence-electron chi connectivity index (χ0n) is 14.6. The van der Waals surface area contributed by atoms with Crippen molar-refractivity contribution in [1.82, 2.24) is 4.57 Å². The Bertz CT molecular complexity index is 990. The molecule has 0 unspecified atom stereocenters. The van der Waals surface area contributed by atoms with Gasteiger partial charge in [-0.25, -0.2) is 4.79 Å². The maximum atomic E-state index is 12.6. The molecule has 1 aromatic heterocycles. The molecule has 1 atom stereocenters. The van der Waals surface area contributed by atoms with Gasteiger partial charge in [-0.2, -0.15) is 0 Å². The van der Waals surface area contributed by atoms with Crippen molar-refractivity contribution in [3.8, 4) is 0 Å². The number of amides is 1. The third kappa shape index (κ3) is 2.96. The van der Waals surface area contributed by atoms with Gasteiger partial charge < -0.3 is 14.6 Å². The topological polar surface area (TPSA) is 60.3 Å². The van der Waals surface area contributed by atoms with Crippen LogP contribution < -0.4 is 5.32 Å². The van der Waals surface area contributed by atoms with Crippen LogP contribution in [0.25, 0.3) is 10.9 Å². The zero-order valence-corrected chi connectivity index (χ0v) is 14.6. The van der Waals surface area contributed by atoms with Gasteiger partial charge in [-0.1, -0.05) is 31.2 Å². The summed E-state index contributed by atoms with van der Waals surface area (Å²) in [6.07, 6.45) is 2.68. The number of hydrogen-bond donors (Lipinski definition) is 1. The number of carbonyl (C=O) groups is 2. The Hall–Kier alpha value is -3.08. The fourth-order valence-electron chi connectivity index (χ4n) is 3.40. The molecule has 0 fully saturated rings. The van der Waals surface area contributed by atoms with E-state index in [0.29, 0.717) is 17.7 Å². The third-order valence-electron chi connectivity index (χ3n) is 4.69. The molecule has 1 aliphatic rings. The number of hydrogen-bond acceptors (Lipinski definition) is 3. The quantitative estimate of drug-likeness (QED) is 0.730. The molecule has 4 rings (SSSR count). The van der Waals surface area contributed by atoms with Gasteiger partial charge in [0.25, 0.3) is 5.91 Å². The predicted octanol–water partition coefficient (Wildman–Crippen LogP) is 3.77. The van der Waals surface area contributed by atoms with E-state index in [0.717, 1.165) is 29.4 Å². The molecular weight excluding hydrogens is 328 g/mol. The summed E-state index contributed by atoms with van der Waals surface area (Å²) in [5.41, 5.74) is 3.16. The monoisotopic (exact) mass is 348 g/mol. The molecular formula is C21H20N2O3. The maximum absolute atomic E-state index is 12.6. The molecule has 5 nitrogen and oxygen atoms in total. The van der Waals surface area contributed by atoms with E-state index in [1.54, 1.807) is 12.1 Å². The Morgan fingerprint density at radius 1 is 1.23 bits per heavy atom. The van der Waals surface area contributed by atoms with Crippen LogP contribution in [0.3, 0.4) is 0 Å². The molecule has 2 aromatic carbocycles. The van der Waals surface area contributed by atoms with Crippen molar-refractivity contribution in [2.45, 2.75) is 32.4 Å². The highest BCUT2D eigenvalue weighted by Crippen LogP contribution is 2.24. The lowest BCUT2D eigenvalue weighted by atomic mass is 9.98. The number of ether oxygens (including phenoxy) is 1. The molecule has 0 saturated heterocycles. The Morgan fingerprint density at radius 3 is 2.92 bits per heavy atom. The molecule has 132 valence electrons. The minimum Gasteiger partial charge on any atom is -0.448 e. The molecule has 0 radical (unpaired) electrons. The van der Waals surface area contributed by atoms with E-state index in [-0.39, 0.29) is 5.91 Å². The van der Waals surface area contributed by atoms with E-state index in [2.05, 4.69) is 29.1 Å². The van der Waals surface area contributed by atoms with Crippen molar-refractivity contribution in [3.05, 3.63) is 65.9 Å². The van der Waals surface area contributed by atoms with Crippen molar-refractivity contribution in [1.29, 1.82) is 0 Å².